The van der Waals surface area contributed by atoms with Crippen molar-refractivity contribution in [3.63, 3.8) is 0 Å². The molecule has 3 nitrogen and oxygen atoms in total. The van der Waals surface area contributed by atoms with Crippen LogP contribution >= 0.6 is 0 Å². The van der Waals surface area contributed by atoms with Gasteiger partial charge in [0.1, 0.15) is 6.61 Å². The van der Waals surface area contributed by atoms with Crippen LogP contribution in [-0.4, -0.2) is 36.6 Å². The Bertz CT molecular complexity index is 192. The summed E-state index contributed by atoms with van der Waals surface area (Å²) in [6.45, 7) is 8.68. The SMILES string of the molecule is CCN1CCC[C@H]1COC(=O)C(C)C. The molecule has 14 heavy (non-hydrogen) atoms. The quantitative estimate of drug-likeness (QED) is 0.645. The minimum Gasteiger partial charge on any atom is -0.464 e. The van der Waals surface area contributed by atoms with Gasteiger partial charge in [-0.05, 0) is 25.9 Å². The molecule has 0 N–H and O–H groups in total. The topological polar surface area (TPSA) is 29.5 Å². The van der Waals surface area contributed by atoms with E-state index < -0.39 is 0 Å². The van der Waals surface area contributed by atoms with E-state index in [1.807, 2.05) is 13.8 Å². The summed E-state index contributed by atoms with van der Waals surface area (Å²) < 4.78 is 5.24. The summed E-state index contributed by atoms with van der Waals surface area (Å²) in [7, 11) is 0. The number of likely N-dealkylation sites (N-methyl/N-ethyl adjacent to an activating group) is 1. The maximum atomic E-state index is 11.3. The molecule has 1 aliphatic rings. The first-order valence-corrected chi connectivity index (χ1v) is 5.55. The second kappa shape index (κ2) is 5.35. The van der Waals surface area contributed by atoms with Gasteiger partial charge in [0.2, 0.25) is 0 Å². The number of ether oxygens (including phenoxy) is 1. The van der Waals surface area contributed by atoms with Crippen molar-refractivity contribution < 1.29 is 9.53 Å². The highest BCUT2D eigenvalue weighted by atomic mass is 16.5. The van der Waals surface area contributed by atoms with Crippen LogP contribution < -0.4 is 0 Å². The van der Waals surface area contributed by atoms with Crippen LogP contribution in [0.2, 0.25) is 0 Å². The lowest BCUT2D eigenvalue weighted by Crippen LogP contribution is -2.34. The van der Waals surface area contributed by atoms with E-state index in [0.717, 1.165) is 13.1 Å². The number of hydrogen-bond acceptors (Lipinski definition) is 3. The zero-order chi connectivity index (χ0) is 10.6. The lowest BCUT2D eigenvalue weighted by atomic mass is 10.2. The largest absolute Gasteiger partial charge is 0.464 e. The van der Waals surface area contributed by atoms with E-state index in [2.05, 4.69) is 11.8 Å². The predicted molar refractivity (Wildman–Crippen MR) is 56.1 cm³/mol. The Morgan fingerprint density at radius 1 is 1.57 bits per heavy atom. The zero-order valence-electron chi connectivity index (χ0n) is 9.45. The number of rotatable bonds is 4. The fourth-order valence-corrected chi connectivity index (χ4v) is 1.85. The molecule has 1 heterocycles. The third kappa shape index (κ3) is 2.98. The van der Waals surface area contributed by atoms with Crippen LogP contribution in [0.1, 0.15) is 33.6 Å². The average molecular weight is 199 g/mol. The van der Waals surface area contributed by atoms with Crippen molar-refractivity contribution in [3.05, 3.63) is 0 Å². The second-order valence-corrected chi connectivity index (χ2v) is 4.21. The fourth-order valence-electron chi connectivity index (χ4n) is 1.85. The molecule has 1 atom stereocenters. The van der Waals surface area contributed by atoms with Gasteiger partial charge in [-0.2, -0.15) is 0 Å². The highest BCUT2D eigenvalue weighted by molar-refractivity contribution is 5.71. The summed E-state index contributed by atoms with van der Waals surface area (Å²) in [6.07, 6.45) is 2.40. The zero-order valence-corrected chi connectivity index (χ0v) is 9.45. The molecule has 0 radical (unpaired) electrons. The molecule has 1 rings (SSSR count). The Hall–Kier alpha value is -0.570. The minimum absolute atomic E-state index is 0.00789. The first-order valence-electron chi connectivity index (χ1n) is 5.55. The minimum atomic E-state index is -0.0760. The van der Waals surface area contributed by atoms with Crippen molar-refractivity contribution in [2.45, 2.75) is 39.7 Å². The van der Waals surface area contributed by atoms with Crippen molar-refractivity contribution >= 4 is 5.97 Å². The van der Waals surface area contributed by atoms with Crippen LogP contribution in [0.15, 0.2) is 0 Å². The van der Waals surface area contributed by atoms with Gasteiger partial charge in [0.05, 0.1) is 5.92 Å². The molecular formula is C11H21NO2. The summed E-state index contributed by atoms with van der Waals surface area (Å²) in [5.74, 6) is -0.0839. The molecule has 0 bridgehead atoms. The van der Waals surface area contributed by atoms with E-state index in [4.69, 9.17) is 4.74 Å². The van der Waals surface area contributed by atoms with Crippen LogP contribution in [0.25, 0.3) is 0 Å². The first-order chi connectivity index (χ1) is 6.65. The van der Waals surface area contributed by atoms with E-state index in [-0.39, 0.29) is 11.9 Å². The normalized spacial score (nSPS) is 23.0. The summed E-state index contributed by atoms with van der Waals surface area (Å²) in [6, 6.07) is 0.461. The summed E-state index contributed by atoms with van der Waals surface area (Å²) in [5, 5.41) is 0. The van der Waals surface area contributed by atoms with Crippen LogP contribution in [0.3, 0.4) is 0 Å². The Morgan fingerprint density at radius 3 is 2.86 bits per heavy atom. The monoisotopic (exact) mass is 199 g/mol. The number of esters is 1. The molecule has 3 heteroatoms. The Balaban J connectivity index is 2.27. The molecule has 1 saturated heterocycles. The maximum absolute atomic E-state index is 11.3. The Labute approximate surface area is 86.4 Å². The van der Waals surface area contributed by atoms with Crippen molar-refractivity contribution in [1.82, 2.24) is 4.90 Å². The number of carbonyl (C=O) groups is 1. The van der Waals surface area contributed by atoms with Gasteiger partial charge in [0.25, 0.3) is 0 Å². The molecule has 0 aromatic carbocycles. The van der Waals surface area contributed by atoms with E-state index >= 15 is 0 Å². The molecule has 82 valence electrons. The lowest BCUT2D eigenvalue weighted by Gasteiger charge is -2.22. The highest BCUT2D eigenvalue weighted by Gasteiger charge is 2.24. The molecule has 1 aliphatic heterocycles. The fraction of sp³-hybridized carbons (Fsp3) is 0.909. The lowest BCUT2D eigenvalue weighted by molar-refractivity contribution is -0.148. The van der Waals surface area contributed by atoms with Crippen molar-refractivity contribution in [3.8, 4) is 0 Å². The van der Waals surface area contributed by atoms with Gasteiger partial charge >= 0.3 is 5.97 Å². The van der Waals surface area contributed by atoms with Crippen LogP contribution in [0.4, 0.5) is 0 Å². The average Bonchev–Trinajstić information content (AvgIpc) is 2.60. The molecule has 0 aromatic rings. The van der Waals surface area contributed by atoms with Gasteiger partial charge in [-0.25, -0.2) is 0 Å². The maximum Gasteiger partial charge on any atom is 0.308 e. The van der Waals surface area contributed by atoms with E-state index in [0.29, 0.717) is 12.6 Å². The molecule has 0 spiro atoms. The molecule has 0 unspecified atom stereocenters. The summed E-state index contributed by atoms with van der Waals surface area (Å²) in [5.41, 5.74) is 0. The molecule has 0 aliphatic carbocycles. The number of carbonyl (C=O) groups excluding carboxylic acids is 1. The third-order valence-electron chi connectivity index (χ3n) is 2.79. The van der Waals surface area contributed by atoms with Gasteiger partial charge in [0.15, 0.2) is 0 Å². The van der Waals surface area contributed by atoms with E-state index in [1.165, 1.54) is 12.8 Å². The van der Waals surface area contributed by atoms with Crippen molar-refractivity contribution in [2.75, 3.05) is 19.7 Å². The van der Waals surface area contributed by atoms with Gasteiger partial charge in [0, 0.05) is 6.04 Å². The highest BCUT2D eigenvalue weighted by Crippen LogP contribution is 2.16. The van der Waals surface area contributed by atoms with Gasteiger partial charge in [-0.15, -0.1) is 0 Å². The molecule has 0 amide bonds. The van der Waals surface area contributed by atoms with E-state index in [9.17, 15) is 4.79 Å². The van der Waals surface area contributed by atoms with Crippen LogP contribution in [-0.2, 0) is 9.53 Å². The van der Waals surface area contributed by atoms with Gasteiger partial charge in [-0.3, -0.25) is 9.69 Å². The third-order valence-corrected chi connectivity index (χ3v) is 2.79. The number of nitrogens with zero attached hydrogens (tertiary/aromatic N) is 1. The number of hydrogen-bond donors (Lipinski definition) is 0. The second-order valence-electron chi connectivity index (χ2n) is 4.21. The summed E-state index contributed by atoms with van der Waals surface area (Å²) >= 11 is 0. The molecule has 0 aromatic heterocycles. The van der Waals surface area contributed by atoms with Gasteiger partial charge in [-0.1, -0.05) is 20.8 Å². The standard InChI is InChI=1S/C11H21NO2/c1-4-12-7-5-6-10(12)8-14-11(13)9(2)3/h9-10H,4-8H2,1-3H3/t10-/m0/s1. The van der Waals surface area contributed by atoms with Crippen molar-refractivity contribution in [2.24, 2.45) is 5.92 Å². The van der Waals surface area contributed by atoms with Crippen molar-refractivity contribution in [1.29, 1.82) is 0 Å². The summed E-state index contributed by atoms with van der Waals surface area (Å²) in [4.78, 5) is 13.6. The molecule has 1 fully saturated rings. The Morgan fingerprint density at radius 2 is 2.29 bits per heavy atom. The van der Waals surface area contributed by atoms with Gasteiger partial charge < -0.3 is 4.74 Å². The van der Waals surface area contributed by atoms with E-state index in [1.54, 1.807) is 0 Å². The first kappa shape index (κ1) is 11.5. The van der Waals surface area contributed by atoms with Crippen LogP contribution in [0, 0.1) is 5.92 Å². The molecule has 0 saturated carbocycles. The Kier molecular flexibility index (Phi) is 4.39. The molecular weight excluding hydrogens is 178 g/mol. The predicted octanol–water partition coefficient (Wildman–Crippen LogP) is 1.67. The van der Waals surface area contributed by atoms with Crippen LogP contribution in [0.5, 0.6) is 0 Å². The number of likely N-dealkylation sites (tertiary alicyclic amines) is 1. The smallest absolute Gasteiger partial charge is 0.308 e.